The number of rotatable bonds is 10. The van der Waals surface area contributed by atoms with Crippen molar-refractivity contribution in [2.24, 2.45) is 11.8 Å². The van der Waals surface area contributed by atoms with Gasteiger partial charge in [-0.2, -0.15) is 0 Å². The molecule has 1 fully saturated rings. The zero-order valence-electron chi connectivity index (χ0n) is 23.7. The zero-order valence-corrected chi connectivity index (χ0v) is 23.7. The average Bonchev–Trinajstić information content (AvgIpc) is 3.27. The van der Waals surface area contributed by atoms with E-state index in [1.807, 2.05) is 62.4 Å². The first-order valence-electron chi connectivity index (χ1n) is 14.7. The number of likely N-dealkylation sites (tertiary alicyclic amines) is 1. The summed E-state index contributed by atoms with van der Waals surface area (Å²) in [6.45, 7) is 3.87. The molecule has 42 heavy (non-hydrogen) atoms. The third-order valence-corrected chi connectivity index (χ3v) is 8.69. The third kappa shape index (κ3) is 4.65. The molecule has 7 rings (SSSR count). The summed E-state index contributed by atoms with van der Waals surface area (Å²) >= 11 is 0. The van der Waals surface area contributed by atoms with Crippen LogP contribution in [0.15, 0.2) is 72.8 Å². The van der Waals surface area contributed by atoms with Gasteiger partial charge in [0.1, 0.15) is 11.8 Å². The van der Waals surface area contributed by atoms with E-state index in [0.29, 0.717) is 24.5 Å². The van der Waals surface area contributed by atoms with Gasteiger partial charge < -0.3 is 14.8 Å². The summed E-state index contributed by atoms with van der Waals surface area (Å²) < 4.78 is 10.8. The van der Waals surface area contributed by atoms with Crippen LogP contribution in [-0.4, -0.2) is 47.8 Å². The molecular formula is C34H34N2O6. The molecule has 0 saturated carbocycles. The van der Waals surface area contributed by atoms with Gasteiger partial charge in [0.2, 0.25) is 11.8 Å². The van der Waals surface area contributed by atoms with Crippen molar-refractivity contribution in [2.75, 3.05) is 18.5 Å². The average molecular weight is 567 g/mol. The van der Waals surface area contributed by atoms with Crippen LogP contribution in [0.4, 0.5) is 5.69 Å². The second kappa shape index (κ2) is 11.4. The molecule has 3 aromatic carbocycles. The molecule has 216 valence electrons. The highest BCUT2D eigenvalue weighted by Gasteiger charge is 2.63. The first-order chi connectivity index (χ1) is 20.4. The van der Waals surface area contributed by atoms with Gasteiger partial charge >= 0.3 is 5.97 Å². The number of nitrogens with one attached hydrogen (secondary N) is 1. The number of hydrogen-bond acceptors (Lipinski definition) is 6. The SMILES string of the molecule is CCCC[C@H](C(=O)OCC(=O)Nc1ccc(OCC)cc1)N1C(=O)[C@H]2C3c4ccccc4C(c4ccccc43)[C@@H]2C1=O. The van der Waals surface area contributed by atoms with E-state index < -0.39 is 36.4 Å². The quantitative estimate of drug-likeness (QED) is 0.273. The molecule has 3 aromatic rings. The van der Waals surface area contributed by atoms with Gasteiger partial charge in [0.05, 0.1) is 18.4 Å². The van der Waals surface area contributed by atoms with Crippen LogP contribution in [0.5, 0.6) is 5.75 Å². The van der Waals surface area contributed by atoms with Crippen LogP contribution in [0.2, 0.25) is 0 Å². The van der Waals surface area contributed by atoms with Crippen molar-refractivity contribution in [3.63, 3.8) is 0 Å². The van der Waals surface area contributed by atoms with Gasteiger partial charge in [-0.15, -0.1) is 0 Å². The first kappa shape index (κ1) is 27.7. The fourth-order valence-electron chi connectivity index (χ4n) is 6.99. The fraction of sp³-hybridized carbons (Fsp3) is 0.353. The number of hydrogen-bond donors (Lipinski definition) is 1. The minimum absolute atomic E-state index is 0.253. The number of esters is 1. The largest absolute Gasteiger partial charge is 0.494 e. The standard InChI is InChI=1S/C34H34N2O6/c1-3-5-14-26(34(40)42-19-27(37)35-20-15-17-21(18-16-20)41-4-2)36-32(38)30-28-22-10-6-7-11-23(22)29(31(30)33(36)39)25-13-9-8-12-24(25)28/h6-13,15-18,26,28-31H,3-5,14,19H2,1-2H3,(H,35,37)/t26-,28?,29?,30+,31+/m1/s1. The maximum Gasteiger partial charge on any atom is 0.329 e. The number of benzene rings is 3. The molecule has 3 aliphatic carbocycles. The van der Waals surface area contributed by atoms with Crippen LogP contribution in [0, 0.1) is 11.8 Å². The Morgan fingerprint density at radius 3 is 1.81 bits per heavy atom. The molecule has 8 nitrogen and oxygen atoms in total. The van der Waals surface area contributed by atoms with Gasteiger partial charge in [0, 0.05) is 17.5 Å². The molecule has 3 atom stereocenters. The zero-order chi connectivity index (χ0) is 29.4. The normalized spacial score (nSPS) is 22.2. The number of carbonyl (C=O) groups excluding carboxylic acids is 4. The lowest BCUT2D eigenvalue weighted by Gasteiger charge is -2.45. The lowest BCUT2D eigenvalue weighted by Crippen LogP contribution is -2.47. The van der Waals surface area contributed by atoms with Gasteiger partial charge in [0.15, 0.2) is 6.61 Å². The molecular weight excluding hydrogens is 532 g/mol. The van der Waals surface area contributed by atoms with E-state index in [1.165, 1.54) is 0 Å². The predicted octanol–water partition coefficient (Wildman–Crippen LogP) is 5.02. The predicted molar refractivity (Wildman–Crippen MR) is 156 cm³/mol. The van der Waals surface area contributed by atoms with E-state index >= 15 is 0 Å². The molecule has 4 aliphatic rings. The highest BCUT2D eigenvalue weighted by molar-refractivity contribution is 6.10. The maximum atomic E-state index is 14.1. The molecule has 1 aliphatic heterocycles. The number of amides is 3. The Morgan fingerprint density at radius 1 is 0.810 bits per heavy atom. The highest BCUT2D eigenvalue weighted by Crippen LogP contribution is 2.61. The van der Waals surface area contributed by atoms with Gasteiger partial charge in [-0.25, -0.2) is 4.79 Å². The third-order valence-electron chi connectivity index (χ3n) is 8.69. The number of unbranched alkanes of at least 4 members (excludes halogenated alkanes) is 1. The van der Waals surface area contributed by atoms with Crippen molar-refractivity contribution in [1.82, 2.24) is 4.90 Å². The minimum atomic E-state index is -1.08. The molecule has 0 aromatic heterocycles. The topological polar surface area (TPSA) is 102 Å². The van der Waals surface area contributed by atoms with E-state index in [-0.39, 0.29) is 30.1 Å². The Kier molecular flexibility index (Phi) is 7.54. The Hall–Kier alpha value is -4.46. The van der Waals surface area contributed by atoms with E-state index in [0.717, 1.165) is 33.6 Å². The van der Waals surface area contributed by atoms with Crippen LogP contribution in [0.3, 0.4) is 0 Å². The summed E-state index contributed by atoms with van der Waals surface area (Å²) in [6.07, 6.45) is 1.67. The summed E-state index contributed by atoms with van der Waals surface area (Å²) in [6, 6.07) is 21.8. The summed E-state index contributed by atoms with van der Waals surface area (Å²) in [5.74, 6) is -2.90. The number of imide groups is 1. The maximum absolute atomic E-state index is 14.1. The first-order valence-corrected chi connectivity index (χ1v) is 14.7. The van der Waals surface area contributed by atoms with Crippen LogP contribution >= 0.6 is 0 Å². The van der Waals surface area contributed by atoms with Crippen LogP contribution in [0.1, 0.15) is 67.2 Å². The van der Waals surface area contributed by atoms with Crippen molar-refractivity contribution < 1.29 is 28.7 Å². The number of anilines is 1. The van der Waals surface area contributed by atoms with Crippen LogP contribution in [0.25, 0.3) is 0 Å². The van der Waals surface area contributed by atoms with Crippen molar-refractivity contribution in [3.05, 3.63) is 95.1 Å². The van der Waals surface area contributed by atoms with Crippen LogP contribution < -0.4 is 10.1 Å². The fourth-order valence-corrected chi connectivity index (χ4v) is 6.99. The van der Waals surface area contributed by atoms with Gasteiger partial charge in [-0.3, -0.25) is 19.3 Å². The molecule has 8 heteroatoms. The van der Waals surface area contributed by atoms with Crippen molar-refractivity contribution >= 4 is 29.4 Å². The van der Waals surface area contributed by atoms with E-state index in [4.69, 9.17) is 9.47 Å². The summed E-state index contributed by atoms with van der Waals surface area (Å²) in [5.41, 5.74) is 4.83. The Morgan fingerprint density at radius 2 is 1.33 bits per heavy atom. The van der Waals surface area contributed by atoms with Gasteiger partial charge in [-0.1, -0.05) is 68.3 Å². The summed E-state index contributed by atoms with van der Waals surface area (Å²) in [7, 11) is 0. The second-order valence-corrected chi connectivity index (χ2v) is 11.1. The smallest absolute Gasteiger partial charge is 0.329 e. The molecule has 0 unspecified atom stereocenters. The van der Waals surface area contributed by atoms with Crippen LogP contribution in [-0.2, 0) is 23.9 Å². The Balaban J connectivity index is 1.22. The van der Waals surface area contributed by atoms with Gasteiger partial charge in [0.25, 0.3) is 5.91 Å². The van der Waals surface area contributed by atoms with E-state index in [9.17, 15) is 19.2 Å². The molecule has 0 spiro atoms. The summed E-state index contributed by atoms with van der Waals surface area (Å²) in [5, 5.41) is 2.70. The lowest BCUT2D eigenvalue weighted by molar-refractivity contribution is -0.160. The Bertz CT molecular complexity index is 1420. The molecule has 1 saturated heterocycles. The summed E-state index contributed by atoms with van der Waals surface area (Å²) in [4.78, 5) is 55.5. The molecule has 1 heterocycles. The van der Waals surface area contributed by atoms with E-state index in [1.54, 1.807) is 24.3 Å². The number of carbonyl (C=O) groups is 4. The van der Waals surface area contributed by atoms with Crippen molar-refractivity contribution in [2.45, 2.75) is 51.0 Å². The minimum Gasteiger partial charge on any atom is -0.494 e. The van der Waals surface area contributed by atoms with E-state index in [2.05, 4.69) is 5.32 Å². The Labute approximate surface area is 245 Å². The number of nitrogens with zero attached hydrogens (tertiary/aromatic N) is 1. The molecule has 0 radical (unpaired) electrons. The van der Waals surface area contributed by atoms with Gasteiger partial charge in [-0.05, 0) is 59.9 Å². The monoisotopic (exact) mass is 566 g/mol. The van der Waals surface area contributed by atoms with Crippen molar-refractivity contribution in [1.29, 1.82) is 0 Å². The molecule has 1 N–H and O–H groups in total. The highest BCUT2D eigenvalue weighted by atomic mass is 16.5. The number of ether oxygens (including phenoxy) is 2. The van der Waals surface area contributed by atoms with Crippen molar-refractivity contribution in [3.8, 4) is 5.75 Å². The second-order valence-electron chi connectivity index (χ2n) is 11.1. The lowest BCUT2D eigenvalue weighted by atomic mass is 9.55. The molecule has 2 bridgehead atoms. The molecule has 3 amide bonds.